The molecular weight excluding hydrogens is 316 g/mol. The van der Waals surface area contributed by atoms with Crippen molar-refractivity contribution >= 4 is 5.91 Å². The lowest BCUT2D eigenvalue weighted by atomic mass is 9.87. The minimum atomic E-state index is -0.575. The van der Waals surface area contributed by atoms with Crippen LogP contribution in [-0.4, -0.2) is 35.2 Å². The third-order valence-electron chi connectivity index (χ3n) is 5.55. The number of hydrogen-bond donors (Lipinski definition) is 1. The van der Waals surface area contributed by atoms with E-state index in [1.165, 1.54) is 0 Å². The van der Waals surface area contributed by atoms with E-state index in [2.05, 4.69) is 19.9 Å². The zero-order valence-electron chi connectivity index (χ0n) is 15.4. The van der Waals surface area contributed by atoms with Crippen LogP contribution in [0.15, 0.2) is 6.07 Å². The molecule has 1 unspecified atom stereocenters. The summed E-state index contributed by atoms with van der Waals surface area (Å²) >= 11 is 0. The maximum atomic E-state index is 13.2. The fourth-order valence-electron chi connectivity index (χ4n) is 4.38. The first-order valence-electron chi connectivity index (χ1n) is 9.02. The lowest BCUT2D eigenvalue weighted by Crippen LogP contribution is -2.41. The summed E-state index contributed by atoms with van der Waals surface area (Å²) in [4.78, 5) is 15.0. The van der Waals surface area contributed by atoms with Crippen LogP contribution in [0.25, 0.3) is 0 Å². The number of hydrogen-bond acceptors (Lipinski definition) is 4. The highest BCUT2D eigenvalue weighted by Gasteiger charge is 2.45. The number of ether oxygens (including phenoxy) is 1. The highest BCUT2D eigenvalue weighted by Crippen LogP contribution is 2.46. The first-order chi connectivity index (χ1) is 11.9. The number of amides is 1. The summed E-state index contributed by atoms with van der Waals surface area (Å²) in [6.45, 7) is 6.03. The van der Waals surface area contributed by atoms with Gasteiger partial charge in [0.2, 0.25) is 0 Å². The second kappa shape index (κ2) is 6.68. The number of aliphatic hydroxyl groups is 1. The zero-order chi connectivity index (χ0) is 18.3. The van der Waals surface area contributed by atoms with E-state index in [0.717, 1.165) is 35.3 Å². The lowest BCUT2D eigenvalue weighted by Gasteiger charge is -2.35. The first-order valence-corrected chi connectivity index (χ1v) is 9.02. The Hall–Kier alpha value is -2.06. The average Bonchev–Trinajstić information content (AvgIpc) is 2.88. The van der Waals surface area contributed by atoms with Gasteiger partial charge in [-0.1, -0.05) is 13.8 Å². The maximum absolute atomic E-state index is 13.2. The SMILES string of the molecule is COc1cc(C)c2c(c1C(C)C)C(C#N)N(C1CCC(O)CC1)C2=O. The van der Waals surface area contributed by atoms with Gasteiger partial charge in [-0.15, -0.1) is 0 Å². The molecular formula is C20H26N2O3. The summed E-state index contributed by atoms with van der Waals surface area (Å²) < 4.78 is 5.56. The van der Waals surface area contributed by atoms with Gasteiger partial charge in [-0.2, -0.15) is 5.26 Å². The van der Waals surface area contributed by atoms with E-state index in [4.69, 9.17) is 4.74 Å². The Morgan fingerprint density at radius 3 is 2.48 bits per heavy atom. The van der Waals surface area contributed by atoms with Crippen molar-refractivity contribution in [3.05, 3.63) is 28.3 Å². The third kappa shape index (κ3) is 2.79. The predicted octanol–water partition coefficient (Wildman–Crippen LogP) is 3.45. The molecule has 0 radical (unpaired) electrons. The molecule has 1 N–H and O–H groups in total. The van der Waals surface area contributed by atoms with Crippen LogP contribution in [0.3, 0.4) is 0 Å². The van der Waals surface area contributed by atoms with Crippen LogP contribution in [0.2, 0.25) is 0 Å². The van der Waals surface area contributed by atoms with E-state index in [1.807, 2.05) is 13.0 Å². The predicted molar refractivity (Wildman–Crippen MR) is 94.6 cm³/mol. The molecule has 1 saturated carbocycles. The summed E-state index contributed by atoms with van der Waals surface area (Å²) in [6.07, 6.45) is 2.56. The monoisotopic (exact) mass is 342 g/mol. The van der Waals surface area contributed by atoms with Crippen LogP contribution in [0.5, 0.6) is 5.75 Å². The summed E-state index contributed by atoms with van der Waals surface area (Å²) in [7, 11) is 1.63. The summed E-state index contributed by atoms with van der Waals surface area (Å²) in [5.74, 6) is 0.853. The number of fused-ring (bicyclic) bond motifs is 1. The van der Waals surface area contributed by atoms with Gasteiger partial charge in [0, 0.05) is 22.7 Å². The number of carbonyl (C=O) groups excluding carboxylic acids is 1. The number of rotatable bonds is 3. The Labute approximate surface area is 149 Å². The Kier molecular flexibility index (Phi) is 4.75. The van der Waals surface area contributed by atoms with Crippen LogP contribution < -0.4 is 4.74 Å². The van der Waals surface area contributed by atoms with Gasteiger partial charge in [0.15, 0.2) is 0 Å². The van der Waals surface area contributed by atoms with Gasteiger partial charge in [-0.3, -0.25) is 4.79 Å². The molecule has 5 nitrogen and oxygen atoms in total. The molecule has 3 rings (SSSR count). The van der Waals surface area contributed by atoms with Crippen LogP contribution in [0.1, 0.15) is 78.5 Å². The van der Waals surface area contributed by atoms with Crippen molar-refractivity contribution in [3.8, 4) is 11.8 Å². The molecule has 0 saturated heterocycles. The molecule has 1 aliphatic carbocycles. The molecule has 1 aromatic carbocycles. The smallest absolute Gasteiger partial charge is 0.256 e. The van der Waals surface area contributed by atoms with Crippen LogP contribution in [0.4, 0.5) is 0 Å². The largest absolute Gasteiger partial charge is 0.496 e. The molecule has 1 heterocycles. The van der Waals surface area contributed by atoms with Crippen molar-refractivity contribution in [2.24, 2.45) is 0 Å². The molecule has 0 spiro atoms. The fraction of sp³-hybridized carbons (Fsp3) is 0.600. The van der Waals surface area contributed by atoms with E-state index < -0.39 is 6.04 Å². The molecule has 1 aromatic rings. The summed E-state index contributed by atoms with van der Waals surface area (Å²) in [5, 5.41) is 19.7. The molecule has 1 fully saturated rings. The lowest BCUT2D eigenvalue weighted by molar-refractivity contribution is 0.0478. The minimum absolute atomic E-state index is 0.0124. The molecule has 1 atom stereocenters. The Bertz CT molecular complexity index is 727. The van der Waals surface area contributed by atoms with Gasteiger partial charge in [-0.25, -0.2) is 0 Å². The number of benzene rings is 1. The fourth-order valence-corrected chi connectivity index (χ4v) is 4.38. The minimum Gasteiger partial charge on any atom is -0.496 e. The Morgan fingerprint density at radius 1 is 1.32 bits per heavy atom. The molecule has 134 valence electrons. The third-order valence-corrected chi connectivity index (χ3v) is 5.55. The van der Waals surface area contributed by atoms with E-state index in [-0.39, 0.29) is 24.0 Å². The van der Waals surface area contributed by atoms with Crippen molar-refractivity contribution in [2.75, 3.05) is 7.11 Å². The van der Waals surface area contributed by atoms with Gasteiger partial charge >= 0.3 is 0 Å². The van der Waals surface area contributed by atoms with Gasteiger partial charge in [-0.05, 0) is 50.2 Å². The molecule has 1 aliphatic heterocycles. The normalized spacial score (nSPS) is 25.9. The molecule has 1 amide bonds. The second-order valence-electron chi connectivity index (χ2n) is 7.46. The number of aliphatic hydroxyl groups excluding tert-OH is 1. The van der Waals surface area contributed by atoms with Crippen LogP contribution in [-0.2, 0) is 0 Å². The summed E-state index contributed by atoms with van der Waals surface area (Å²) in [5.41, 5.74) is 3.31. The summed E-state index contributed by atoms with van der Waals surface area (Å²) in [6, 6.07) is 3.72. The Morgan fingerprint density at radius 2 is 1.96 bits per heavy atom. The molecule has 0 bridgehead atoms. The van der Waals surface area contributed by atoms with Crippen molar-refractivity contribution in [1.29, 1.82) is 5.26 Å². The van der Waals surface area contributed by atoms with Gasteiger partial charge in [0.05, 0.1) is 19.3 Å². The van der Waals surface area contributed by atoms with Crippen molar-refractivity contribution < 1.29 is 14.6 Å². The number of nitrogens with zero attached hydrogens (tertiary/aromatic N) is 2. The number of nitriles is 1. The maximum Gasteiger partial charge on any atom is 0.256 e. The topological polar surface area (TPSA) is 73.6 Å². The highest BCUT2D eigenvalue weighted by atomic mass is 16.5. The molecule has 0 aromatic heterocycles. The number of methoxy groups -OCH3 is 1. The van der Waals surface area contributed by atoms with E-state index in [1.54, 1.807) is 12.0 Å². The standard InChI is InChI=1S/C20H26N2O3/c1-11(2)17-16(25-4)9-12(3)18-19(17)15(10-21)22(20(18)24)13-5-7-14(23)8-6-13/h9,11,13-15,23H,5-8H2,1-4H3. The second-order valence-corrected chi connectivity index (χ2v) is 7.46. The van der Waals surface area contributed by atoms with Gasteiger partial charge in [0.1, 0.15) is 11.8 Å². The molecule has 5 heteroatoms. The highest BCUT2D eigenvalue weighted by molar-refractivity contribution is 6.02. The van der Waals surface area contributed by atoms with E-state index in [9.17, 15) is 15.2 Å². The average molecular weight is 342 g/mol. The number of aryl methyl sites for hydroxylation is 1. The van der Waals surface area contributed by atoms with Crippen molar-refractivity contribution in [3.63, 3.8) is 0 Å². The van der Waals surface area contributed by atoms with Gasteiger partial charge < -0.3 is 14.7 Å². The first kappa shape index (κ1) is 17.8. The number of carbonyl (C=O) groups is 1. The quantitative estimate of drug-likeness (QED) is 0.913. The van der Waals surface area contributed by atoms with Crippen LogP contribution in [0, 0.1) is 18.3 Å². The van der Waals surface area contributed by atoms with Crippen LogP contribution >= 0.6 is 0 Å². The zero-order valence-corrected chi connectivity index (χ0v) is 15.4. The molecule has 2 aliphatic rings. The van der Waals surface area contributed by atoms with Crippen molar-refractivity contribution in [2.45, 2.75) is 70.6 Å². The Balaban J connectivity index is 2.13. The molecule has 25 heavy (non-hydrogen) atoms. The van der Waals surface area contributed by atoms with E-state index >= 15 is 0 Å². The van der Waals surface area contributed by atoms with Gasteiger partial charge in [0.25, 0.3) is 5.91 Å². The van der Waals surface area contributed by atoms with Crippen molar-refractivity contribution in [1.82, 2.24) is 4.90 Å². The van der Waals surface area contributed by atoms with E-state index in [0.29, 0.717) is 18.4 Å².